The summed E-state index contributed by atoms with van der Waals surface area (Å²) in [4.78, 5) is 0. The Kier molecular flexibility index (Phi) is 6.74. The Labute approximate surface area is 294 Å². The summed E-state index contributed by atoms with van der Waals surface area (Å²) in [5.41, 5.74) is 21.2. The van der Waals surface area contributed by atoms with Gasteiger partial charge in [-0.2, -0.15) is 0 Å². The molecule has 0 radical (unpaired) electrons. The average molecular weight is 635 g/mol. The normalized spacial score (nSPS) is 15.2. The summed E-state index contributed by atoms with van der Waals surface area (Å²) < 4.78 is 0. The van der Waals surface area contributed by atoms with Crippen molar-refractivity contribution in [2.75, 3.05) is 0 Å². The van der Waals surface area contributed by atoms with E-state index < -0.39 is 0 Å². The summed E-state index contributed by atoms with van der Waals surface area (Å²) in [6.45, 7) is 0. The topological polar surface area (TPSA) is 0 Å². The minimum atomic E-state index is 0.0604. The van der Waals surface area contributed by atoms with Crippen molar-refractivity contribution < 1.29 is 0 Å². The number of hydrogen-bond acceptors (Lipinski definition) is 0. The largest absolute Gasteiger partial charge is 0.0622 e. The van der Waals surface area contributed by atoms with Crippen molar-refractivity contribution >= 4 is 0 Å². The molecule has 0 heterocycles. The molecule has 2 aliphatic carbocycles. The SMILES string of the molecule is c1ccc(-c2cc(-c3ccccc3)cc(C3c4ccccc4-c4c(-c5ccccc5)cc5c(c43)C(c3ccccc3)c3ccccc3-5)c2)cc1. The first-order valence-corrected chi connectivity index (χ1v) is 17.6. The van der Waals surface area contributed by atoms with Crippen LogP contribution in [0.4, 0.5) is 0 Å². The molecule has 8 aromatic carbocycles. The van der Waals surface area contributed by atoms with Crippen LogP contribution in [0.3, 0.4) is 0 Å². The van der Waals surface area contributed by atoms with Crippen molar-refractivity contribution in [2.45, 2.75) is 11.8 Å². The second-order valence-corrected chi connectivity index (χ2v) is 13.6. The second kappa shape index (κ2) is 11.7. The lowest BCUT2D eigenvalue weighted by atomic mass is 9.78. The molecule has 0 N–H and O–H groups in total. The highest BCUT2D eigenvalue weighted by Gasteiger charge is 2.41. The highest BCUT2D eigenvalue weighted by molar-refractivity contribution is 5.99. The summed E-state index contributed by atoms with van der Waals surface area (Å²) in [5, 5.41) is 0. The van der Waals surface area contributed by atoms with Gasteiger partial charge in [0.1, 0.15) is 0 Å². The van der Waals surface area contributed by atoms with Gasteiger partial charge < -0.3 is 0 Å². The van der Waals surface area contributed by atoms with E-state index in [4.69, 9.17) is 0 Å². The van der Waals surface area contributed by atoms with Gasteiger partial charge in [0.2, 0.25) is 0 Å². The fourth-order valence-electron chi connectivity index (χ4n) is 8.72. The molecule has 50 heavy (non-hydrogen) atoms. The lowest BCUT2D eigenvalue weighted by Crippen LogP contribution is -2.08. The Morgan fingerprint density at radius 1 is 0.260 bits per heavy atom. The number of hydrogen-bond donors (Lipinski definition) is 0. The van der Waals surface area contributed by atoms with E-state index in [1.807, 2.05) is 0 Å². The maximum Gasteiger partial charge on any atom is 0.0356 e. The Balaban J connectivity index is 1.33. The van der Waals surface area contributed by atoms with Gasteiger partial charge in [-0.15, -0.1) is 0 Å². The first kappa shape index (κ1) is 28.7. The molecule has 0 nitrogen and oxygen atoms in total. The summed E-state index contributed by atoms with van der Waals surface area (Å²) in [6, 6.07) is 71.9. The molecule has 0 amide bonds. The Morgan fingerprint density at radius 3 is 1.32 bits per heavy atom. The molecular weight excluding hydrogens is 601 g/mol. The van der Waals surface area contributed by atoms with Crippen molar-refractivity contribution in [1.82, 2.24) is 0 Å². The molecule has 2 aliphatic rings. The maximum absolute atomic E-state index is 2.50. The molecule has 0 saturated heterocycles. The van der Waals surface area contributed by atoms with E-state index in [-0.39, 0.29) is 11.8 Å². The van der Waals surface area contributed by atoms with Gasteiger partial charge in [0.05, 0.1) is 0 Å². The molecule has 0 aromatic heterocycles. The Hall–Kier alpha value is -6.24. The smallest absolute Gasteiger partial charge is 0.0356 e. The third kappa shape index (κ3) is 4.53. The molecule has 0 saturated carbocycles. The predicted octanol–water partition coefficient (Wildman–Crippen LogP) is 13.0. The second-order valence-electron chi connectivity index (χ2n) is 13.6. The molecule has 2 unspecified atom stereocenters. The van der Waals surface area contributed by atoms with Gasteiger partial charge in [0.25, 0.3) is 0 Å². The molecule has 0 fully saturated rings. The molecule has 234 valence electrons. The first-order chi connectivity index (χ1) is 24.8. The van der Waals surface area contributed by atoms with Crippen LogP contribution in [0.25, 0.3) is 55.6 Å². The van der Waals surface area contributed by atoms with Gasteiger partial charge in [-0.1, -0.05) is 182 Å². The Morgan fingerprint density at radius 2 is 0.720 bits per heavy atom. The molecule has 0 spiro atoms. The van der Waals surface area contributed by atoms with Crippen LogP contribution in [0.15, 0.2) is 194 Å². The van der Waals surface area contributed by atoms with Crippen molar-refractivity contribution in [3.63, 3.8) is 0 Å². The van der Waals surface area contributed by atoms with Crippen molar-refractivity contribution in [3.8, 4) is 55.6 Å². The summed E-state index contributed by atoms with van der Waals surface area (Å²) in [6.07, 6.45) is 0. The lowest BCUT2D eigenvalue weighted by molar-refractivity contribution is 0.939. The maximum atomic E-state index is 2.50. The van der Waals surface area contributed by atoms with Crippen LogP contribution in [-0.4, -0.2) is 0 Å². The van der Waals surface area contributed by atoms with E-state index in [1.165, 1.54) is 89.0 Å². The van der Waals surface area contributed by atoms with Gasteiger partial charge >= 0.3 is 0 Å². The van der Waals surface area contributed by atoms with Crippen LogP contribution >= 0.6 is 0 Å². The molecule has 0 heteroatoms. The van der Waals surface area contributed by atoms with Crippen molar-refractivity contribution in [1.29, 1.82) is 0 Å². The zero-order valence-corrected chi connectivity index (χ0v) is 27.6. The van der Waals surface area contributed by atoms with Gasteiger partial charge in [-0.25, -0.2) is 0 Å². The molecule has 2 atom stereocenters. The fraction of sp³-hybridized carbons (Fsp3) is 0.0400. The lowest BCUT2D eigenvalue weighted by Gasteiger charge is -2.25. The average Bonchev–Trinajstić information content (AvgIpc) is 3.72. The third-order valence-corrected chi connectivity index (χ3v) is 10.8. The van der Waals surface area contributed by atoms with Crippen molar-refractivity contribution in [3.05, 3.63) is 228 Å². The summed E-state index contributed by atoms with van der Waals surface area (Å²) in [7, 11) is 0. The third-order valence-electron chi connectivity index (χ3n) is 10.8. The number of benzene rings is 8. The van der Waals surface area contributed by atoms with E-state index in [9.17, 15) is 0 Å². The van der Waals surface area contributed by atoms with E-state index in [2.05, 4.69) is 194 Å². The van der Waals surface area contributed by atoms with Gasteiger partial charge in [-0.05, 0) is 101 Å². The van der Waals surface area contributed by atoms with E-state index in [1.54, 1.807) is 0 Å². The zero-order chi connectivity index (χ0) is 33.0. The molecule has 10 rings (SSSR count). The fourth-order valence-corrected chi connectivity index (χ4v) is 8.72. The highest BCUT2D eigenvalue weighted by atomic mass is 14.4. The molecule has 0 bridgehead atoms. The van der Waals surface area contributed by atoms with Gasteiger partial charge in [0, 0.05) is 11.8 Å². The van der Waals surface area contributed by atoms with Crippen LogP contribution in [0, 0.1) is 0 Å². The highest BCUT2D eigenvalue weighted by Crippen LogP contribution is 2.61. The first-order valence-electron chi connectivity index (χ1n) is 17.6. The minimum Gasteiger partial charge on any atom is -0.0622 e. The van der Waals surface area contributed by atoms with Gasteiger partial charge in [-0.3, -0.25) is 0 Å². The summed E-state index contributed by atoms with van der Waals surface area (Å²) >= 11 is 0. The quantitative estimate of drug-likeness (QED) is 0.177. The molecular formula is C50H34. The van der Waals surface area contributed by atoms with E-state index in [0.717, 1.165) is 0 Å². The van der Waals surface area contributed by atoms with Crippen LogP contribution in [0.5, 0.6) is 0 Å². The number of fused-ring (bicyclic) bond motifs is 7. The van der Waals surface area contributed by atoms with Crippen LogP contribution in [0.1, 0.15) is 45.2 Å². The Bertz CT molecular complexity index is 2450. The zero-order valence-electron chi connectivity index (χ0n) is 27.6. The van der Waals surface area contributed by atoms with Crippen LogP contribution in [-0.2, 0) is 0 Å². The van der Waals surface area contributed by atoms with Crippen molar-refractivity contribution in [2.24, 2.45) is 0 Å². The van der Waals surface area contributed by atoms with E-state index in [0.29, 0.717) is 0 Å². The van der Waals surface area contributed by atoms with Crippen LogP contribution < -0.4 is 0 Å². The predicted molar refractivity (Wildman–Crippen MR) is 208 cm³/mol. The molecule has 8 aromatic rings. The standard InChI is InChI=1S/C50H34/c1-5-17-33(18-6-1)37-29-38(34-19-7-2-8-20-34)31-39(30-37)47-42-27-15-16-28-43(42)48-44(35-21-9-3-10-22-35)32-45-40-25-13-14-26-41(40)46(49(45)50(47)48)36-23-11-4-12-24-36/h1-32,46-47H. The van der Waals surface area contributed by atoms with Crippen LogP contribution in [0.2, 0.25) is 0 Å². The monoisotopic (exact) mass is 634 g/mol. The minimum absolute atomic E-state index is 0.0604. The van der Waals surface area contributed by atoms with Gasteiger partial charge in [0.15, 0.2) is 0 Å². The summed E-state index contributed by atoms with van der Waals surface area (Å²) in [5.74, 6) is 0.203. The van der Waals surface area contributed by atoms with E-state index >= 15 is 0 Å². The number of rotatable bonds is 5. The molecule has 0 aliphatic heterocycles.